The van der Waals surface area contributed by atoms with Crippen molar-refractivity contribution in [3.8, 4) is 0 Å². The van der Waals surface area contributed by atoms with E-state index in [-0.39, 0.29) is 6.10 Å². The van der Waals surface area contributed by atoms with Crippen molar-refractivity contribution in [1.82, 2.24) is 9.97 Å². The topological polar surface area (TPSA) is 46.0 Å². The fraction of sp³-hybridized carbons (Fsp3) is 0.286. The number of halogens is 1. The lowest BCUT2D eigenvalue weighted by molar-refractivity contribution is 0.163. The van der Waals surface area contributed by atoms with E-state index in [9.17, 15) is 5.11 Å². The number of nitrogens with zero attached hydrogens (tertiary/aromatic N) is 2. The van der Waals surface area contributed by atoms with Gasteiger partial charge in [0.05, 0.1) is 6.10 Å². The molecule has 0 aliphatic heterocycles. The van der Waals surface area contributed by atoms with Crippen molar-refractivity contribution in [3.05, 3.63) is 58.6 Å². The average Bonchev–Trinajstić information content (AvgIpc) is 2.40. The predicted octanol–water partition coefficient (Wildman–Crippen LogP) is 2.78. The van der Waals surface area contributed by atoms with Crippen LogP contribution in [-0.2, 0) is 12.8 Å². The Labute approximate surface area is 115 Å². The van der Waals surface area contributed by atoms with Crippen LogP contribution < -0.4 is 0 Å². The molecule has 2 aromatic heterocycles. The highest BCUT2D eigenvalue weighted by Gasteiger charge is 2.07. The van der Waals surface area contributed by atoms with Crippen LogP contribution in [0.25, 0.3) is 0 Å². The SMILES string of the molecule is OC(CCc1ccccn1)Cc1ccc(Br)cn1. The highest BCUT2D eigenvalue weighted by Crippen LogP contribution is 2.11. The third-order valence-corrected chi connectivity index (χ3v) is 3.16. The molecule has 94 valence electrons. The summed E-state index contributed by atoms with van der Waals surface area (Å²) in [6, 6.07) is 9.70. The number of aliphatic hydroxyl groups is 1. The van der Waals surface area contributed by atoms with Crippen LogP contribution in [0.3, 0.4) is 0 Å². The van der Waals surface area contributed by atoms with Crippen molar-refractivity contribution in [2.45, 2.75) is 25.4 Å². The Hall–Kier alpha value is -1.26. The number of aliphatic hydroxyl groups excluding tert-OH is 1. The summed E-state index contributed by atoms with van der Waals surface area (Å²) in [5, 5.41) is 9.95. The van der Waals surface area contributed by atoms with Gasteiger partial charge in [-0.2, -0.15) is 0 Å². The van der Waals surface area contributed by atoms with E-state index in [1.54, 1.807) is 12.4 Å². The molecule has 2 aromatic rings. The zero-order valence-electron chi connectivity index (χ0n) is 9.96. The van der Waals surface area contributed by atoms with Crippen molar-refractivity contribution in [2.75, 3.05) is 0 Å². The number of rotatable bonds is 5. The second-order valence-electron chi connectivity index (χ2n) is 4.19. The van der Waals surface area contributed by atoms with Gasteiger partial charge in [0.25, 0.3) is 0 Å². The van der Waals surface area contributed by atoms with Crippen LogP contribution in [0.15, 0.2) is 47.2 Å². The molecule has 0 bridgehead atoms. The largest absolute Gasteiger partial charge is 0.393 e. The van der Waals surface area contributed by atoms with Gasteiger partial charge in [0.1, 0.15) is 0 Å². The molecule has 1 atom stereocenters. The minimum atomic E-state index is -0.374. The van der Waals surface area contributed by atoms with Gasteiger partial charge < -0.3 is 5.11 Å². The Morgan fingerprint density at radius 3 is 2.67 bits per heavy atom. The normalized spacial score (nSPS) is 12.3. The minimum absolute atomic E-state index is 0.374. The Balaban J connectivity index is 1.82. The van der Waals surface area contributed by atoms with E-state index in [1.165, 1.54) is 0 Å². The summed E-state index contributed by atoms with van der Waals surface area (Å²) in [6.45, 7) is 0. The molecule has 1 unspecified atom stereocenters. The maximum absolute atomic E-state index is 9.95. The van der Waals surface area contributed by atoms with E-state index in [0.29, 0.717) is 12.8 Å². The second-order valence-corrected chi connectivity index (χ2v) is 5.10. The fourth-order valence-corrected chi connectivity index (χ4v) is 1.97. The fourth-order valence-electron chi connectivity index (χ4n) is 1.73. The lowest BCUT2D eigenvalue weighted by Crippen LogP contribution is -2.12. The number of aromatic nitrogens is 2. The molecule has 2 heterocycles. The summed E-state index contributed by atoms with van der Waals surface area (Å²) >= 11 is 3.34. The first-order valence-electron chi connectivity index (χ1n) is 5.92. The van der Waals surface area contributed by atoms with Crippen molar-refractivity contribution < 1.29 is 5.11 Å². The van der Waals surface area contributed by atoms with Gasteiger partial charge in [-0.3, -0.25) is 9.97 Å². The summed E-state index contributed by atoms with van der Waals surface area (Å²) in [7, 11) is 0. The molecule has 0 spiro atoms. The van der Waals surface area contributed by atoms with E-state index < -0.39 is 0 Å². The summed E-state index contributed by atoms with van der Waals surface area (Å²) in [5.74, 6) is 0. The zero-order chi connectivity index (χ0) is 12.8. The summed E-state index contributed by atoms with van der Waals surface area (Å²) in [6.07, 6.45) is 5.23. The number of pyridine rings is 2. The van der Waals surface area contributed by atoms with Crippen LogP contribution in [0.5, 0.6) is 0 Å². The third kappa shape index (κ3) is 4.20. The van der Waals surface area contributed by atoms with Crippen LogP contribution in [0.4, 0.5) is 0 Å². The van der Waals surface area contributed by atoms with Gasteiger partial charge in [-0.25, -0.2) is 0 Å². The van der Waals surface area contributed by atoms with Gasteiger partial charge in [0.15, 0.2) is 0 Å². The van der Waals surface area contributed by atoms with E-state index in [2.05, 4.69) is 25.9 Å². The van der Waals surface area contributed by atoms with E-state index >= 15 is 0 Å². The molecule has 4 heteroatoms. The maximum Gasteiger partial charge on any atom is 0.0599 e. The highest BCUT2D eigenvalue weighted by molar-refractivity contribution is 9.10. The third-order valence-electron chi connectivity index (χ3n) is 2.69. The molecule has 1 N–H and O–H groups in total. The Morgan fingerprint density at radius 2 is 2.00 bits per heavy atom. The van der Waals surface area contributed by atoms with Crippen molar-refractivity contribution in [3.63, 3.8) is 0 Å². The summed E-state index contributed by atoms with van der Waals surface area (Å²) < 4.78 is 0.953. The van der Waals surface area contributed by atoms with Crippen LogP contribution in [-0.4, -0.2) is 21.2 Å². The molecule has 0 radical (unpaired) electrons. The predicted molar refractivity (Wildman–Crippen MR) is 74.2 cm³/mol. The molecule has 0 amide bonds. The molecular weight excluding hydrogens is 292 g/mol. The molecule has 0 saturated heterocycles. The lowest BCUT2D eigenvalue weighted by atomic mass is 10.1. The van der Waals surface area contributed by atoms with Gasteiger partial charge in [0.2, 0.25) is 0 Å². The van der Waals surface area contributed by atoms with Crippen molar-refractivity contribution in [1.29, 1.82) is 0 Å². The van der Waals surface area contributed by atoms with E-state index in [0.717, 1.165) is 22.3 Å². The first kappa shape index (κ1) is 13.2. The van der Waals surface area contributed by atoms with Gasteiger partial charge in [-0.1, -0.05) is 6.07 Å². The van der Waals surface area contributed by atoms with Crippen LogP contribution in [0.1, 0.15) is 17.8 Å². The maximum atomic E-state index is 9.95. The lowest BCUT2D eigenvalue weighted by Gasteiger charge is -2.09. The van der Waals surface area contributed by atoms with Gasteiger partial charge in [-0.05, 0) is 53.0 Å². The number of hydrogen-bond donors (Lipinski definition) is 1. The van der Waals surface area contributed by atoms with Crippen molar-refractivity contribution >= 4 is 15.9 Å². The van der Waals surface area contributed by atoms with Crippen LogP contribution in [0.2, 0.25) is 0 Å². The molecule has 0 aliphatic carbocycles. The molecule has 3 nitrogen and oxygen atoms in total. The first-order chi connectivity index (χ1) is 8.74. The zero-order valence-corrected chi connectivity index (χ0v) is 11.5. The summed E-state index contributed by atoms with van der Waals surface area (Å²) in [4.78, 5) is 8.49. The molecule has 0 fully saturated rings. The van der Waals surface area contributed by atoms with Gasteiger partial charge >= 0.3 is 0 Å². The van der Waals surface area contributed by atoms with E-state index in [4.69, 9.17) is 0 Å². The Bertz CT molecular complexity index is 473. The number of aryl methyl sites for hydroxylation is 1. The van der Waals surface area contributed by atoms with Crippen LogP contribution in [0, 0.1) is 0 Å². The molecule has 0 aliphatic rings. The molecule has 0 aromatic carbocycles. The van der Waals surface area contributed by atoms with Gasteiger partial charge in [-0.15, -0.1) is 0 Å². The van der Waals surface area contributed by atoms with Crippen LogP contribution >= 0.6 is 15.9 Å². The standard InChI is InChI=1S/C14H15BrN2O/c15-11-4-5-13(17-10-11)9-14(18)7-6-12-3-1-2-8-16-12/h1-5,8,10,14,18H,6-7,9H2. The van der Waals surface area contributed by atoms with Gasteiger partial charge in [0, 0.05) is 34.7 Å². The summed E-state index contributed by atoms with van der Waals surface area (Å²) in [5.41, 5.74) is 1.92. The smallest absolute Gasteiger partial charge is 0.0599 e. The second kappa shape index (κ2) is 6.61. The molecular formula is C14H15BrN2O. The monoisotopic (exact) mass is 306 g/mol. The van der Waals surface area contributed by atoms with E-state index in [1.807, 2.05) is 30.3 Å². The molecule has 2 rings (SSSR count). The highest BCUT2D eigenvalue weighted by atomic mass is 79.9. The van der Waals surface area contributed by atoms with Crippen molar-refractivity contribution in [2.24, 2.45) is 0 Å². The average molecular weight is 307 g/mol. The quantitative estimate of drug-likeness (QED) is 0.924. The Kier molecular flexibility index (Phi) is 4.84. The minimum Gasteiger partial charge on any atom is -0.393 e. The molecule has 18 heavy (non-hydrogen) atoms. The molecule has 0 saturated carbocycles. The first-order valence-corrected chi connectivity index (χ1v) is 6.72. The number of hydrogen-bond acceptors (Lipinski definition) is 3. The Morgan fingerprint density at radius 1 is 1.11 bits per heavy atom.